The van der Waals surface area contributed by atoms with Gasteiger partial charge in [-0.25, -0.2) is 0 Å². The molecule has 0 unspecified atom stereocenters. The van der Waals surface area contributed by atoms with Crippen LogP contribution in [0.1, 0.15) is 22.3 Å². The lowest BCUT2D eigenvalue weighted by Crippen LogP contribution is -2.93. The summed E-state index contributed by atoms with van der Waals surface area (Å²) >= 11 is 0. The van der Waals surface area contributed by atoms with Crippen molar-refractivity contribution in [3.05, 3.63) is 259 Å². The Kier molecular flexibility index (Phi) is 7.81. The van der Waals surface area contributed by atoms with Gasteiger partial charge in [-0.15, -0.1) is 0 Å². The lowest BCUT2D eigenvalue weighted by atomic mass is 9.30. The molecule has 11 aromatic rings. The van der Waals surface area contributed by atoms with Crippen molar-refractivity contribution in [3.8, 4) is 5.69 Å². The average Bonchev–Trinajstić information content (AvgIpc) is 3.73. The molecule has 3 aliphatic heterocycles. The van der Waals surface area contributed by atoms with Gasteiger partial charge in [0.1, 0.15) is 11.0 Å². The van der Waals surface area contributed by atoms with Crippen molar-refractivity contribution < 1.29 is 0 Å². The number of hydrogen-bond donors (Lipinski definition) is 0. The molecule has 0 amide bonds. The average molecular weight is 840 g/mol. The number of benzene rings is 8. The van der Waals surface area contributed by atoms with Crippen molar-refractivity contribution in [2.45, 2.75) is 5.41 Å². The Morgan fingerprint density at radius 3 is 1.52 bits per heavy atom. The molecule has 3 aliphatic rings. The van der Waals surface area contributed by atoms with E-state index in [1.807, 2.05) is 18.5 Å². The zero-order valence-corrected chi connectivity index (χ0v) is 36.5. The maximum absolute atomic E-state index is 5.11. The van der Waals surface area contributed by atoms with Crippen LogP contribution in [0, 0.1) is 0 Å². The van der Waals surface area contributed by atoms with Crippen molar-refractivity contribution in [2.75, 3.05) is 0 Å². The van der Waals surface area contributed by atoms with Crippen LogP contribution >= 0.6 is 0 Å². The second-order valence-electron chi connectivity index (χ2n) is 17.9. The zero-order valence-electron chi connectivity index (χ0n) is 35.5. The molecule has 0 saturated heterocycles. The van der Waals surface area contributed by atoms with E-state index in [0.717, 1.165) is 27.8 Å². The van der Waals surface area contributed by atoms with Gasteiger partial charge in [0.25, 0.3) is 0 Å². The highest BCUT2D eigenvalue weighted by atomic mass is 28.3. The fraction of sp³-hybridized carbons (Fsp3) is 0.0169. The summed E-state index contributed by atoms with van der Waals surface area (Å²) in [6.45, 7) is 0.00824. The first-order valence-corrected chi connectivity index (χ1v) is 24.7. The molecule has 8 aromatic carbocycles. The molecule has 3 nitrogen and oxygen atoms in total. The fourth-order valence-electron chi connectivity index (χ4n) is 12.9. The first-order valence-electron chi connectivity index (χ1n) is 22.7. The standard InChI is InChI=1S/C59H39B2N3Si/c1-4-20-40(21-5-1)59(41-22-6-2-7-23-41)43-26-10-11-28-45(43)61-48-31-14-17-35-53(48)65(54-36-18-27-44(59)55(54)61)51-33-15-12-29-46(51)60(47-30-13-16-34-52(47)65)49-37-39-63-57-56-50(32-19-38-62-56)64(58(49)57)42-24-8-3-9-25-42/h1-39H. The monoisotopic (exact) mass is 839 g/mol. The quantitative estimate of drug-likeness (QED) is 0.226. The van der Waals surface area contributed by atoms with Gasteiger partial charge in [0, 0.05) is 18.1 Å². The van der Waals surface area contributed by atoms with E-state index in [1.54, 1.807) is 0 Å². The highest BCUT2D eigenvalue weighted by molar-refractivity contribution is 7.31. The van der Waals surface area contributed by atoms with Gasteiger partial charge >= 0.3 is 0 Å². The Labute approximate surface area is 379 Å². The number of rotatable bonds is 4. The molecular formula is C59H39B2N3Si. The second kappa shape index (κ2) is 13.9. The Bertz CT molecular complexity index is 3610. The van der Waals surface area contributed by atoms with Crippen LogP contribution in [0.4, 0.5) is 0 Å². The van der Waals surface area contributed by atoms with Crippen LogP contribution in [0.2, 0.25) is 0 Å². The predicted octanol–water partition coefficient (Wildman–Crippen LogP) is 5.31. The molecule has 0 aliphatic carbocycles. The van der Waals surface area contributed by atoms with Gasteiger partial charge in [-0.1, -0.05) is 221 Å². The van der Waals surface area contributed by atoms with Gasteiger partial charge in [-0.3, -0.25) is 9.97 Å². The third kappa shape index (κ3) is 4.71. The third-order valence-corrected chi connectivity index (χ3v) is 20.1. The topological polar surface area (TPSA) is 30.7 Å². The van der Waals surface area contributed by atoms with E-state index in [4.69, 9.17) is 9.97 Å². The molecule has 65 heavy (non-hydrogen) atoms. The molecule has 1 spiro atoms. The van der Waals surface area contributed by atoms with E-state index in [2.05, 4.69) is 223 Å². The van der Waals surface area contributed by atoms with Gasteiger partial charge in [0.2, 0.25) is 13.4 Å². The van der Waals surface area contributed by atoms with E-state index in [-0.39, 0.29) is 13.4 Å². The van der Waals surface area contributed by atoms with Crippen molar-refractivity contribution in [3.63, 3.8) is 0 Å². The molecule has 0 fully saturated rings. The molecule has 0 saturated carbocycles. The minimum absolute atomic E-state index is 0.0596. The van der Waals surface area contributed by atoms with Crippen LogP contribution < -0.4 is 53.5 Å². The van der Waals surface area contributed by atoms with Crippen LogP contribution in [0.5, 0.6) is 0 Å². The maximum atomic E-state index is 5.11. The van der Waals surface area contributed by atoms with Crippen LogP contribution in [-0.4, -0.2) is 36.0 Å². The van der Waals surface area contributed by atoms with E-state index < -0.39 is 13.5 Å². The van der Waals surface area contributed by atoms with Gasteiger partial charge in [0.15, 0.2) is 8.07 Å². The molecule has 6 heteroatoms. The van der Waals surface area contributed by atoms with Crippen LogP contribution in [0.3, 0.4) is 0 Å². The Morgan fingerprint density at radius 2 is 0.877 bits per heavy atom. The van der Waals surface area contributed by atoms with E-state index in [1.165, 1.54) is 75.8 Å². The van der Waals surface area contributed by atoms with Crippen LogP contribution in [-0.2, 0) is 5.41 Å². The summed E-state index contributed by atoms with van der Waals surface area (Å²) < 4.78 is 2.39. The zero-order chi connectivity index (χ0) is 42.7. The first kappa shape index (κ1) is 36.7. The molecule has 3 aromatic heterocycles. The van der Waals surface area contributed by atoms with Gasteiger partial charge < -0.3 is 4.57 Å². The summed E-state index contributed by atoms with van der Waals surface area (Å²) in [7, 11) is -3.08. The SMILES string of the molecule is c1ccc(-n2c3cccnc3c3nccc(B4c5ccccc5[Si]5(c6ccccc6B6c7ccccc7C(c7ccccc7)(c7ccccc7)c7cccc5c76)c5ccccc54)c32)cc1. The van der Waals surface area contributed by atoms with Gasteiger partial charge in [-0.05, 0) is 78.8 Å². The number of pyridine rings is 2. The second-order valence-corrected chi connectivity index (χ2v) is 21.5. The largest absolute Gasteiger partial charge is 0.306 e. The summed E-state index contributed by atoms with van der Waals surface area (Å²) in [6.07, 6.45) is 3.90. The number of nitrogens with zero attached hydrogens (tertiary/aromatic N) is 3. The van der Waals surface area contributed by atoms with Gasteiger partial charge in [-0.2, -0.15) is 0 Å². The lowest BCUT2D eigenvalue weighted by molar-refractivity contribution is 0.751. The van der Waals surface area contributed by atoms with Crippen molar-refractivity contribution in [2.24, 2.45) is 0 Å². The first-order chi connectivity index (χ1) is 32.3. The van der Waals surface area contributed by atoms with Crippen molar-refractivity contribution in [1.82, 2.24) is 14.5 Å². The lowest BCUT2D eigenvalue weighted by Gasteiger charge is -2.52. The summed E-state index contributed by atoms with van der Waals surface area (Å²) in [6, 6.07) is 85.0. The van der Waals surface area contributed by atoms with E-state index in [9.17, 15) is 0 Å². The molecule has 0 atom stereocenters. The number of fused-ring (bicyclic) bond motifs is 13. The van der Waals surface area contributed by atoms with Gasteiger partial charge in [0.05, 0.1) is 16.4 Å². The van der Waals surface area contributed by atoms with Crippen molar-refractivity contribution >= 4 is 97.1 Å². The molecule has 14 rings (SSSR count). The summed E-state index contributed by atoms with van der Waals surface area (Å²) in [5.74, 6) is 0. The minimum atomic E-state index is -3.08. The maximum Gasteiger partial charge on any atom is 0.243 e. The van der Waals surface area contributed by atoms with E-state index in [0.29, 0.717) is 0 Å². The molecule has 0 N–H and O–H groups in total. The van der Waals surface area contributed by atoms with Crippen molar-refractivity contribution in [1.29, 1.82) is 0 Å². The summed E-state index contributed by atoms with van der Waals surface area (Å²) in [5.41, 5.74) is 18.1. The Morgan fingerprint density at radius 1 is 0.369 bits per heavy atom. The van der Waals surface area contributed by atoms with Crippen LogP contribution in [0.25, 0.3) is 27.8 Å². The molecule has 0 radical (unpaired) electrons. The summed E-state index contributed by atoms with van der Waals surface area (Å²) in [5, 5.41) is 5.89. The Balaban J connectivity index is 1.13. The number of hydrogen-bond acceptors (Lipinski definition) is 2. The molecule has 6 heterocycles. The summed E-state index contributed by atoms with van der Waals surface area (Å²) in [4.78, 5) is 10.1. The Hall–Kier alpha value is -7.79. The fourth-order valence-corrected chi connectivity index (χ4v) is 18.7. The van der Waals surface area contributed by atoms with E-state index >= 15 is 0 Å². The molecule has 300 valence electrons. The smallest absolute Gasteiger partial charge is 0.243 e. The molecular weight excluding hydrogens is 800 g/mol. The number of aromatic nitrogens is 3. The minimum Gasteiger partial charge on any atom is -0.306 e. The highest BCUT2D eigenvalue weighted by Crippen LogP contribution is 2.46. The van der Waals surface area contributed by atoms with Crippen LogP contribution in [0.15, 0.2) is 237 Å². The molecule has 0 bridgehead atoms. The predicted molar refractivity (Wildman–Crippen MR) is 274 cm³/mol. The third-order valence-electron chi connectivity index (χ3n) is 15.1. The normalized spacial score (nSPS) is 14.6. The number of para-hydroxylation sites is 1. The highest BCUT2D eigenvalue weighted by Gasteiger charge is 2.59.